The Bertz CT molecular complexity index is 253. The molecule has 0 saturated heterocycles. The van der Waals surface area contributed by atoms with E-state index in [1.807, 2.05) is 0 Å². The Morgan fingerprint density at radius 3 is 2.50 bits per heavy atom. The lowest BCUT2D eigenvalue weighted by atomic mass is 10.3. The van der Waals surface area contributed by atoms with Gasteiger partial charge in [0.05, 0.1) is 4.92 Å². The quantitative estimate of drug-likeness (QED) is 0.417. The minimum Gasteiger partial charge on any atom is -0.394 e. The van der Waals surface area contributed by atoms with Gasteiger partial charge >= 0.3 is 5.70 Å². The molecular weight excluding hydrogens is 180 g/mol. The summed E-state index contributed by atoms with van der Waals surface area (Å²) in [5.74, 6) is 0. The molecule has 0 aromatic heterocycles. The van der Waals surface area contributed by atoms with Crippen molar-refractivity contribution in [1.29, 1.82) is 0 Å². The van der Waals surface area contributed by atoms with Crippen molar-refractivity contribution in [3.05, 3.63) is 45.3 Å². The number of nitrogens with zero attached hydrogens (tertiary/aromatic N) is 1. The summed E-state index contributed by atoms with van der Waals surface area (Å²) in [5.41, 5.74) is 4.65. The van der Waals surface area contributed by atoms with Gasteiger partial charge in [-0.2, -0.15) is 0 Å². The van der Waals surface area contributed by atoms with Crippen molar-refractivity contribution in [2.45, 2.75) is 6.92 Å². The first kappa shape index (κ1) is 10.7. The number of halogens is 1. The topological polar surface area (TPSA) is 69.2 Å². The highest BCUT2D eigenvalue weighted by atomic mass is 35.5. The van der Waals surface area contributed by atoms with Gasteiger partial charge < -0.3 is 5.73 Å². The normalized spacial score (nSPS) is 12.8. The zero-order valence-corrected chi connectivity index (χ0v) is 7.34. The van der Waals surface area contributed by atoms with Crippen molar-refractivity contribution in [1.82, 2.24) is 0 Å². The summed E-state index contributed by atoms with van der Waals surface area (Å²) in [5, 5.41) is 10.3. The Labute approximate surface area is 75.2 Å². The summed E-state index contributed by atoms with van der Waals surface area (Å²) in [6, 6.07) is 0. The van der Waals surface area contributed by atoms with E-state index in [-0.39, 0.29) is 16.4 Å². The van der Waals surface area contributed by atoms with Crippen LogP contribution in [0.25, 0.3) is 0 Å². The molecular formula is C7H9ClN2O2. The third-order valence-electron chi connectivity index (χ3n) is 1.03. The van der Waals surface area contributed by atoms with Crippen LogP contribution in [0, 0.1) is 10.1 Å². The number of nitro groups is 1. The lowest BCUT2D eigenvalue weighted by Gasteiger charge is -1.96. The largest absolute Gasteiger partial charge is 0.394 e. The van der Waals surface area contributed by atoms with Crippen molar-refractivity contribution >= 4 is 11.6 Å². The van der Waals surface area contributed by atoms with Gasteiger partial charge in [0, 0.05) is 0 Å². The molecule has 0 amide bonds. The van der Waals surface area contributed by atoms with Crippen LogP contribution in [0.5, 0.6) is 0 Å². The van der Waals surface area contributed by atoms with Crippen molar-refractivity contribution in [2.75, 3.05) is 0 Å². The molecule has 0 aliphatic heterocycles. The Kier molecular flexibility index (Phi) is 4.07. The van der Waals surface area contributed by atoms with Gasteiger partial charge in [-0.3, -0.25) is 10.1 Å². The molecule has 0 heterocycles. The highest BCUT2D eigenvalue weighted by molar-refractivity contribution is 6.31. The molecule has 0 aromatic rings. The van der Waals surface area contributed by atoms with Crippen LogP contribution in [-0.4, -0.2) is 4.92 Å². The zero-order valence-electron chi connectivity index (χ0n) is 6.58. The fourth-order valence-electron chi connectivity index (χ4n) is 0.583. The van der Waals surface area contributed by atoms with Crippen LogP contribution < -0.4 is 5.73 Å². The summed E-state index contributed by atoms with van der Waals surface area (Å²) >= 11 is 5.55. The van der Waals surface area contributed by atoms with Gasteiger partial charge in [0.25, 0.3) is 0 Å². The van der Waals surface area contributed by atoms with Crippen LogP contribution in [0.3, 0.4) is 0 Å². The average Bonchev–Trinajstić information content (AvgIpc) is 1.85. The second-order valence-corrected chi connectivity index (χ2v) is 2.39. The fraction of sp³-hybridized carbons (Fsp3) is 0.143. The monoisotopic (exact) mass is 188 g/mol. The summed E-state index contributed by atoms with van der Waals surface area (Å²) in [4.78, 5) is 9.68. The predicted molar refractivity (Wildman–Crippen MR) is 48.0 cm³/mol. The Morgan fingerprint density at radius 1 is 1.75 bits per heavy atom. The maximum Gasteiger partial charge on any atom is 0.309 e. The molecule has 0 unspecified atom stereocenters. The Hall–Kier alpha value is -1.29. The van der Waals surface area contributed by atoms with E-state index in [1.54, 1.807) is 13.0 Å². The van der Waals surface area contributed by atoms with Crippen molar-refractivity contribution in [2.24, 2.45) is 5.73 Å². The fourth-order valence-corrected chi connectivity index (χ4v) is 0.899. The maximum absolute atomic E-state index is 10.3. The molecule has 2 N–H and O–H groups in total. The number of hydrogen-bond donors (Lipinski definition) is 1. The third kappa shape index (κ3) is 2.75. The van der Waals surface area contributed by atoms with Crippen molar-refractivity contribution in [3.8, 4) is 0 Å². The first-order valence-electron chi connectivity index (χ1n) is 3.12. The minimum atomic E-state index is -0.662. The molecule has 0 fully saturated rings. The molecule has 0 saturated carbocycles. The van der Waals surface area contributed by atoms with Crippen LogP contribution in [-0.2, 0) is 0 Å². The maximum atomic E-state index is 10.3. The minimum absolute atomic E-state index is 0.0185. The number of allylic oxidation sites excluding steroid dienone is 3. The Morgan fingerprint density at radius 2 is 2.25 bits per heavy atom. The second-order valence-electron chi connectivity index (χ2n) is 1.98. The lowest BCUT2D eigenvalue weighted by Crippen LogP contribution is -2.09. The Balaban J connectivity index is 5.07. The molecule has 0 aliphatic rings. The van der Waals surface area contributed by atoms with E-state index in [0.29, 0.717) is 0 Å². The van der Waals surface area contributed by atoms with Gasteiger partial charge in [-0.25, -0.2) is 0 Å². The number of nitrogens with two attached hydrogens (primary N) is 1. The van der Waals surface area contributed by atoms with Gasteiger partial charge in [-0.05, 0) is 13.0 Å². The molecule has 66 valence electrons. The summed E-state index contributed by atoms with van der Waals surface area (Å²) < 4.78 is 0. The predicted octanol–water partition coefficient (Wildman–Crippen LogP) is 1.76. The van der Waals surface area contributed by atoms with E-state index in [4.69, 9.17) is 17.3 Å². The molecule has 0 atom stereocenters. The highest BCUT2D eigenvalue weighted by Gasteiger charge is 2.16. The SMILES string of the molecule is C=C(N)/C(=C(Cl)\C=C/C)[N+](=O)[O-]. The molecule has 0 radical (unpaired) electrons. The van der Waals surface area contributed by atoms with Crippen LogP contribution in [0.15, 0.2) is 35.2 Å². The van der Waals surface area contributed by atoms with E-state index in [2.05, 4.69) is 6.58 Å². The first-order chi connectivity index (χ1) is 5.50. The highest BCUT2D eigenvalue weighted by Crippen LogP contribution is 2.15. The molecule has 0 aromatic carbocycles. The molecule has 4 nitrogen and oxygen atoms in total. The standard InChI is InChI=1S/C7H9ClN2O2/c1-3-4-6(8)7(5(2)9)10(11)12/h3-4H,2,9H2,1H3/b4-3-,7-6-. The summed E-state index contributed by atoms with van der Waals surface area (Å²) in [6.45, 7) is 4.93. The summed E-state index contributed by atoms with van der Waals surface area (Å²) in [7, 11) is 0. The van der Waals surface area contributed by atoms with Gasteiger partial charge in [0.1, 0.15) is 10.7 Å². The number of rotatable bonds is 3. The van der Waals surface area contributed by atoms with E-state index in [1.165, 1.54) is 6.08 Å². The van der Waals surface area contributed by atoms with E-state index >= 15 is 0 Å². The van der Waals surface area contributed by atoms with E-state index < -0.39 is 4.92 Å². The summed E-state index contributed by atoms with van der Waals surface area (Å²) in [6.07, 6.45) is 2.96. The molecule has 5 heteroatoms. The molecule has 12 heavy (non-hydrogen) atoms. The van der Waals surface area contributed by atoms with Gasteiger partial charge in [0.2, 0.25) is 0 Å². The number of hydrogen-bond acceptors (Lipinski definition) is 3. The van der Waals surface area contributed by atoms with Crippen LogP contribution >= 0.6 is 11.6 Å². The third-order valence-corrected chi connectivity index (χ3v) is 1.33. The molecule has 0 spiro atoms. The zero-order chi connectivity index (χ0) is 9.72. The second kappa shape index (κ2) is 4.56. The molecule has 0 bridgehead atoms. The molecule has 0 aliphatic carbocycles. The van der Waals surface area contributed by atoms with Gasteiger partial charge in [-0.1, -0.05) is 24.3 Å². The van der Waals surface area contributed by atoms with Crippen LogP contribution in [0.1, 0.15) is 6.92 Å². The molecule has 0 rings (SSSR count). The van der Waals surface area contributed by atoms with Crippen molar-refractivity contribution < 1.29 is 4.92 Å². The average molecular weight is 189 g/mol. The van der Waals surface area contributed by atoms with E-state index in [0.717, 1.165) is 0 Å². The van der Waals surface area contributed by atoms with Gasteiger partial charge in [0.15, 0.2) is 0 Å². The van der Waals surface area contributed by atoms with Crippen LogP contribution in [0.2, 0.25) is 0 Å². The first-order valence-corrected chi connectivity index (χ1v) is 3.50. The smallest absolute Gasteiger partial charge is 0.309 e. The van der Waals surface area contributed by atoms with Crippen molar-refractivity contribution in [3.63, 3.8) is 0 Å². The van der Waals surface area contributed by atoms with Crippen LogP contribution in [0.4, 0.5) is 0 Å². The van der Waals surface area contributed by atoms with Gasteiger partial charge in [-0.15, -0.1) is 0 Å². The van der Waals surface area contributed by atoms with E-state index in [9.17, 15) is 10.1 Å². The lowest BCUT2D eigenvalue weighted by molar-refractivity contribution is -0.421.